The molecule has 1 aromatic carbocycles. The van der Waals surface area contributed by atoms with Crippen molar-refractivity contribution in [1.29, 1.82) is 5.26 Å². The van der Waals surface area contributed by atoms with E-state index in [9.17, 15) is 0 Å². The van der Waals surface area contributed by atoms with E-state index < -0.39 is 0 Å². The van der Waals surface area contributed by atoms with Crippen LogP contribution in [-0.4, -0.2) is 13.2 Å². The minimum Gasteiger partial charge on any atom is -0.492 e. The topological polar surface area (TPSA) is 45.0 Å². The van der Waals surface area contributed by atoms with Crippen LogP contribution in [0.5, 0.6) is 5.75 Å². The van der Waals surface area contributed by atoms with Crippen LogP contribution in [0.1, 0.15) is 37.3 Å². The van der Waals surface area contributed by atoms with Gasteiger partial charge < -0.3 is 10.1 Å². The molecule has 0 aliphatic heterocycles. The summed E-state index contributed by atoms with van der Waals surface area (Å²) in [5.74, 6) is 0.971. The number of ether oxygens (including phenoxy) is 1. The lowest BCUT2D eigenvalue weighted by atomic mass is 10.0. The Kier molecular flexibility index (Phi) is 5.06. The molecule has 1 N–H and O–H groups in total. The van der Waals surface area contributed by atoms with Gasteiger partial charge in [-0.3, -0.25) is 0 Å². The van der Waals surface area contributed by atoms with Gasteiger partial charge in [0, 0.05) is 28.4 Å². The molecule has 1 saturated carbocycles. The van der Waals surface area contributed by atoms with Crippen molar-refractivity contribution in [3.63, 3.8) is 0 Å². The molecule has 0 spiro atoms. The molecule has 0 amide bonds. The maximum absolute atomic E-state index is 8.88. The Bertz CT molecular complexity index is 518. The number of halogens is 1. The van der Waals surface area contributed by atoms with Crippen LogP contribution in [0.2, 0.25) is 0 Å². The van der Waals surface area contributed by atoms with E-state index in [1.54, 1.807) is 0 Å². The van der Waals surface area contributed by atoms with Gasteiger partial charge in [0.15, 0.2) is 0 Å². The summed E-state index contributed by atoms with van der Waals surface area (Å²) in [4.78, 5) is 0. The van der Waals surface area contributed by atoms with Gasteiger partial charge in [0.05, 0.1) is 12.7 Å². The number of aryl methyl sites for hydroxylation is 1. The highest BCUT2D eigenvalue weighted by Gasteiger charge is 2.43. The fourth-order valence-corrected chi connectivity index (χ4v) is 2.96. The molecule has 0 bridgehead atoms. The Balaban J connectivity index is 2.11. The highest BCUT2D eigenvalue weighted by molar-refractivity contribution is 9.10. The van der Waals surface area contributed by atoms with Crippen LogP contribution in [0.15, 0.2) is 16.6 Å². The van der Waals surface area contributed by atoms with Crippen molar-refractivity contribution in [2.75, 3.05) is 13.2 Å². The first-order chi connectivity index (χ1) is 9.60. The van der Waals surface area contributed by atoms with Gasteiger partial charge in [-0.15, -0.1) is 0 Å². The fourth-order valence-electron chi connectivity index (χ4n) is 2.34. The third-order valence-corrected chi connectivity index (χ3v) is 4.27. The van der Waals surface area contributed by atoms with E-state index in [1.165, 1.54) is 5.56 Å². The molecule has 0 saturated heterocycles. The van der Waals surface area contributed by atoms with Gasteiger partial charge in [-0.1, -0.05) is 22.9 Å². The summed E-state index contributed by atoms with van der Waals surface area (Å²) >= 11 is 3.54. The first-order valence-corrected chi connectivity index (χ1v) is 7.89. The molecule has 3 nitrogen and oxygen atoms in total. The van der Waals surface area contributed by atoms with E-state index in [2.05, 4.69) is 53.3 Å². The normalized spacial score (nSPS) is 15.7. The molecule has 2 rings (SSSR count). The molecule has 1 aliphatic carbocycles. The van der Waals surface area contributed by atoms with E-state index in [-0.39, 0.29) is 5.41 Å². The van der Waals surface area contributed by atoms with Gasteiger partial charge in [0.2, 0.25) is 0 Å². The monoisotopic (exact) mass is 336 g/mol. The first-order valence-electron chi connectivity index (χ1n) is 7.10. The highest BCUT2D eigenvalue weighted by atomic mass is 79.9. The molecule has 1 aliphatic rings. The predicted octanol–water partition coefficient (Wildman–Crippen LogP) is 3.94. The van der Waals surface area contributed by atoms with Crippen molar-refractivity contribution < 1.29 is 4.74 Å². The van der Waals surface area contributed by atoms with Gasteiger partial charge in [-0.25, -0.2) is 0 Å². The molecule has 0 unspecified atom stereocenters. The number of benzene rings is 1. The quantitative estimate of drug-likeness (QED) is 0.820. The second-order valence-electron chi connectivity index (χ2n) is 5.61. The van der Waals surface area contributed by atoms with Crippen LogP contribution >= 0.6 is 15.9 Å². The summed E-state index contributed by atoms with van der Waals surface area (Å²) < 4.78 is 7.17. The Labute approximate surface area is 129 Å². The van der Waals surface area contributed by atoms with Crippen LogP contribution in [0, 0.1) is 23.7 Å². The second-order valence-corrected chi connectivity index (χ2v) is 6.53. The molecule has 4 heteroatoms. The Morgan fingerprint density at radius 3 is 2.80 bits per heavy atom. The predicted molar refractivity (Wildman–Crippen MR) is 83.7 cm³/mol. The standard InChI is InChI=1S/C16H21BrN2O/c1-3-19-10-13-9-14(17)8-12(2)15(13)20-11-16(4-5-16)6-7-18/h8-9,19H,3-6,10-11H2,1-2H3. The van der Waals surface area contributed by atoms with Crippen LogP contribution < -0.4 is 10.1 Å². The smallest absolute Gasteiger partial charge is 0.126 e. The van der Waals surface area contributed by atoms with Gasteiger partial charge in [-0.05, 0) is 44.0 Å². The van der Waals surface area contributed by atoms with E-state index in [0.717, 1.165) is 41.7 Å². The van der Waals surface area contributed by atoms with Crippen molar-refractivity contribution in [3.8, 4) is 11.8 Å². The molecular weight excluding hydrogens is 316 g/mol. The highest BCUT2D eigenvalue weighted by Crippen LogP contribution is 2.49. The third-order valence-electron chi connectivity index (χ3n) is 3.82. The number of rotatable bonds is 7. The summed E-state index contributed by atoms with van der Waals surface area (Å²) in [5, 5.41) is 12.2. The third kappa shape index (κ3) is 3.74. The van der Waals surface area contributed by atoms with E-state index in [1.807, 2.05) is 0 Å². The molecule has 1 aromatic rings. The van der Waals surface area contributed by atoms with Crippen molar-refractivity contribution in [3.05, 3.63) is 27.7 Å². The summed E-state index contributed by atoms with van der Waals surface area (Å²) in [7, 11) is 0. The van der Waals surface area contributed by atoms with Crippen molar-refractivity contribution in [1.82, 2.24) is 5.32 Å². The maximum Gasteiger partial charge on any atom is 0.126 e. The average molecular weight is 337 g/mol. The lowest BCUT2D eigenvalue weighted by molar-refractivity contribution is 0.233. The number of nitrogens with one attached hydrogen (secondary N) is 1. The molecule has 0 atom stereocenters. The molecule has 108 valence electrons. The molecule has 0 radical (unpaired) electrons. The molecular formula is C16H21BrN2O. The van der Waals surface area contributed by atoms with E-state index in [4.69, 9.17) is 10.00 Å². The van der Waals surface area contributed by atoms with Crippen molar-refractivity contribution >= 4 is 15.9 Å². The summed E-state index contributed by atoms with van der Waals surface area (Å²) in [5.41, 5.74) is 2.43. The van der Waals surface area contributed by atoms with Gasteiger partial charge in [0.25, 0.3) is 0 Å². The number of nitriles is 1. The van der Waals surface area contributed by atoms with E-state index in [0.29, 0.717) is 13.0 Å². The Morgan fingerprint density at radius 2 is 2.20 bits per heavy atom. The summed E-state index contributed by atoms with van der Waals surface area (Å²) in [6.45, 7) is 6.56. The largest absolute Gasteiger partial charge is 0.492 e. The number of nitrogens with zero attached hydrogens (tertiary/aromatic N) is 1. The average Bonchev–Trinajstić information content (AvgIpc) is 3.15. The lowest BCUT2D eigenvalue weighted by Gasteiger charge is -2.18. The zero-order chi connectivity index (χ0) is 14.6. The van der Waals surface area contributed by atoms with Crippen LogP contribution in [0.4, 0.5) is 0 Å². The minimum atomic E-state index is 0.115. The maximum atomic E-state index is 8.88. The molecule has 20 heavy (non-hydrogen) atoms. The van der Waals surface area contributed by atoms with Gasteiger partial charge in [0.1, 0.15) is 5.75 Å². The molecule has 1 fully saturated rings. The summed E-state index contributed by atoms with van der Waals surface area (Å²) in [6.07, 6.45) is 2.82. The molecule has 0 heterocycles. The van der Waals surface area contributed by atoms with Crippen molar-refractivity contribution in [2.45, 2.75) is 39.7 Å². The SMILES string of the molecule is CCNCc1cc(Br)cc(C)c1OCC1(CC#N)CC1. The van der Waals surface area contributed by atoms with Gasteiger partial charge >= 0.3 is 0 Å². The summed E-state index contributed by atoms with van der Waals surface area (Å²) in [6, 6.07) is 6.46. The van der Waals surface area contributed by atoms with Crippen LogP contribution in [0.3, 0.4) is 0 Å². The minimum absolute atomic E-state index is 0.115. The number of hydrogen-bond donors (Lipinski definition) is 1. The van der Waals surface area contributed by atoms with Crippen LogP contribution in [-0.2, 0) is 6.54 Å². The van der Waals surface area contributed by atoms with Crippen molar-refractivity contribution in [2.24, 2.45) is 5.41 Å². The lowest BCUT2D eigenvalue weighted by Crippen LogP contribution is -2.17. The second kappa shape index (κ2) is 6.60. The Morgan fingerprint density at radius 1 is 1.45 bits per heavy atom. The van der Waals surface area contributed by atoms with Crippen LogP contribution in [0.25, 0.3) is 0 Å². The first kappa shape index (κ1) is 15.3. The number of hydrogen-bond acceptors (Lipinski definition) is 3. The molecule has 0 aromatic heterocycles. The zero-order valence-corrected chi connectivity index (χ0v) is 13.7. The van der Waals surface area contributed by atoms with E-state index >= 15 is 0 Å². The zero-order valence-electron chi connectivity index (χ0n) is 12.1. The fraction of sp³-hybridized carbons (Fsp3) is 0.562. The van der Waals surface area contributed by atoms with Gasteiger partial charge in [-0.2, -0.15) is 5.26 Å². The Hall–Kier alpha value is -1.05.